The number of rotatable bonds is 7. The number of nitrogens with zero attached hydrogens (tertiary/aromatic N) is 2. The molecule has 3 rings (SSSR count). The molecule has 26 heavy (non-hydrogen) atoms. The fraction of sp³-hybridized carbons (Fsp3) is 0.429. The highest BCUT2D eigenvalue weighted by molar-refractivity contribution is 5.58. The second-order valence-electron chi connectivity index (χ2n) is 6.44. The van der Waals surface area contributed by atoms with Gasteiger partial charge in [0.15, 0.2) is 11.5 Å². The topological polar surface area (TPSA) is 34.2 Å². The predicted octanol–water partition coefficient (Wildman–Crippen LogP) is 3.08. The van der Waals surface area contributed by atoms with Crippen molar-refractivity contribution in [3.05, 3.63) is 48.0 Å². The van der Waals surface area contributed by atoms with Crippen molar-refractivity contribution in [2.75, 3.05) is 59.0 Å². The molecule has 140 valence electrons. The first kappa shape index (κ1) is 18.4. The number of anilines is 1. The molecule has 5 heteroatoms. The van der Waals surface area contributed by atoms with E-state index in [9.17, 15) is 0 Å². The third-order valence-electron chi connectivity index (χ3n) is 4.96. The molecular formula is C21H28N2O3. The Kier molecular flexibility index (Phi) is 6.23. The number of para-hydroxylation sites is 2. The molecule has 0 atom stereocenters. The number of ether oxygens (including phenoxy) is 3. The maximum atomic E-state index is 5.49. The summed E-state index contributed by atoms with van der Waals surface area (Å²) in [5, 5.41) is 0. The summed E-state index contributed by atoms with van der Waals surface area (Å²) < 4.78 is 16.2. The van der Waals surface area contributed by atoms with E-state index in [-0.39, 0.29) is 0 Å². The minimum Gasteiger partial charge on any atom is -0.495 e. The van der Waals surface area contributed by atoms with E-state index in [2.05, 4.69) is 34.1 Å². The summed E-state index contributed by atoms with van der Waals surface area (Å²) in [4.78, 5) is 4.92. The fourth-order valence-corrected chi connectivity index (χ4v) is 3.43. The van der Waals surface area contributed by atoms with E-state index in [1.165, 1.54) is 11.3 Å². The Bertz CT molecular complexity index is 712. The summed E-state index contributed by atoms with van der Waals surface area (Å²) in [6, 6.07) is 14.4. The van der Waals surface area contributed by atoms with Gasteiger partial charge in [-0.05, 0) is 36.2 Å². The molecule has 0 aliphatic carbocycles. The van der Waals surface area contributed by atoms with Crippen LogP contribution in [0.5, 0.6) is 17.2 Å². The molecule has 5 nitrogen and oxygen atoms in total. The number of methoxy groups -OCH3 is 3. The van der Waals surface area contributed by atoms with Crippen molar-refractivity contribution in [1.29, 1.82) is 0 Å². The third-order valence-corrected chi connectivity index (χ3v) is 4.96. The van der Waals surface area contributed by atoms with Crippen LogP contribution in [0.15, 0.2) is 42.5 Å². The van der Waals surface area contributed by atoms with E-state index in [0.717, 1.165) is 56.4 Å². The molecule has 1 saturated heterocycles. The van der Waals surface area contributed by atoms with Gasteiger partial charge < -0.3 is 19.1 Å². The molecule has 0 radical (unpaired) electrons. The maximum Gasteiger partial charge on any atom is 0.160 e. The number of hydrogen-bond donors (Lipinski definition) is 0. The smallest absolute Gasteiger partial charge is 0.160 e. The molecule has 0 N–H and O–H groups in total. The summed E-state index contributed by atoms with van der Waals surface area (Å²) in [5.41, 5.74) is 2.46. The van der Waals surface area contributed by atoms with Crippen LogP contribution < -0.4 is 19.1 Å². The average molecular weight is 356 g/mol. The van der Waals surface area contributed by atoms with Gasteiger partial charge in [0.05, 0.1) is 27.0 Å². The van der Waals surface area contributed by atoms with Crippen LogP contribution in [0.1, 0.15) is 5.56 Å². The van der Waals surface area contributed by atoms with Crippen LogP contribution in [0.3, 0.4) is 0 Å². The van der Waals surface area contributed by atoms with Gasteiger partial charge in [-0.2, -0.15) is 0 Å². The molecule has 0 saturated carbocycles. The van der Waals surface area contributed by atoms with E-state index >= 15 is 0 Å². The summed E-state index contributed by atoms with van der Waals surface area (Å²) in [6.45, 7) is 5.21. The molecule has 1 aliphatic heterocycles. The average Bonchev–Trinajstić information content (AvgIpc) is 2.72. The van der Waals surface area contributed by atoms with E-state index in [1.54, 1.807) is 21.3 Å². The van der Waals surface area contributed by atoms with Crippen molar-refractivity contribution in [3.63, 3.8) is 0 Å². The first-order valence-electron chi connectivity index (χ1n) is 9.06. The van der Waals surface area contributed by atoms with E-state index in [1.807, 2.05) is 18.2 Å². The Morgan fingerprint density at radius 1 is 0.769 bits per heavy atom. The zero-order valence-electron chi connectivity index (χ0n) is 15.9. The molecule has 2 aromatic carbocycles. The zero-order chi connectivity index (χ0) is 18.4. The van der Waals surface area contributed by atoms with Gasteiger partial charge in [-0.25, -0.2) is 0 Å². The SMILES string of the molecule is COc1ccc(CCN2CCN(c3ccccc3OC)CC2)cc1OC. The maximum absolute atomic E-state index is 5.49. The molecule has 1 heterocycles. The fourth-order valence-electron chi connectivity index (χ4n) is 3.43. The highest BCUT2D eigenvalue weighted by Crippen LogP contribution is 2.29. The standard InChI is InChI=1S/C21H28N2O3/c1-24-19-7-5-4-6-18(19)23-14-12-22(13-15-23)11-10-17-8-9-20(25-2)21(16-17)26-3/h4-9,16H,10-15H2,1-3H3. The number of piperazine rings is 1. The van der Waals surface area contributed by atoms with Crippen LogP contribution in [0, 0.1) is 0 Å². The van der Waals surface area contributed by atoms with Crippen LogP contribution in [0.4, 0.5) is 5.69 Å². The molecule has 0 aromatic heterocycles. The van der Waals surface area contributed by atoms with Crippen LogP contribution in [0.2, 0.25) is 0 Å². The minimum atomic E-state index is 0.779. The normalized spacial score (nSPS) is 15.0. The van der Waals surface area contributed by atoms with Gasteiger partial charge in [0.2, 0.25) is 0 Å². The third kappa shape index (κ3) is 4.22. The second kappa shape index (κ2) is 8.81. The lowest BCUT2D eigenvalue weighted by atomic mass is 10.1. The number of hydrogen-bond acceptors (Lipinski definition) is 5. The first-order chi connectivity index (χ1) is 12.7. The van der Waals surface area contributed by atoms with Gasteiger partial charge in [-0.1, -0.05) is 18.2 Å². The lowest BCUT2D eigenvalue weighted by Gasteiger charge is -2.36. The Labute approximate surface area is 156 Å². The quantitative estimate of drug-likeness (QED) is 0.762. The van der Waals surface area contributed by atoms with Crippen LogP contribution in [-0.4, -0.2) is 59.0 Å². The summed E-state index contributed by atoms with van der Waals surface area (Å²) >= 11 is 0. The lowest BCUT2D eigenvalue weighted by Crippen LogP contribution is -2.47. The molecule has 0 unspecified atom stereocenters. The van der Waals surface area contributed by atoms with E-state index < -0.39 is 0 Å². The Balaban J connectivity index is 1.53. The van der Waals surface area contributed by atoms with E-state index in [4.69, 9.17) is 14.2 Å². The minimum absolute atomic E-state index is 0.779. The molecule has 0 spiro atoms. The molecule has 0 amide bonds. The van der Waals surface area contributed by atoms with Crippen molar-refractivity contribution in [3.8, 4) is 17.2 Å². The van der Waals surface area contributed by atoms with E-state index in [0.29, 0.717) is 0 Å². The Morgan fingerprint density at radius 3 is 2.15 bits per heavy atom. The van der Waals surface area contributed by atoms with Gasteiger partial charge in [0.1, 0.15) is 5.75 Å². The monoisotopic (exact) mass is 356 g/mol. The van der Waals surface area contributed by atoms with Crippen molar-refractivity contribution >= 4 is 5.69 Å². The van der Waals surface area contributed by atoms with Crippen LogP contribution in [0.25, 0.3) is 0 Å². The molecule has 1 aliphatic rings. The Morgan fingerprint density at radius 2 is 1.46 bits per heavy atom. The lowest BCUT2D eigenvalue weighted by molar-refractivity contribution is 0.260. The van der Waals surface area contributed by atoms with Crippen molar-refractivity contribution < 1.29 is 14.2 Å². The Hall–Kier alpha value is -2.40. The van der Waals surface area contributed by atoms with Crippen LogP contribution in [-0.2, 0) is 6.42 Å². The second-order valence-corrected chi connectivity index (χ2v) is 6.44. The highest BCUT2D eigenvalue weighted by Gasteiger charge is 2.19. The molecular weight excluding hydrogens is 328 g/mol. The zero-order valence-corrected chi connectivity index (χ0v) is 15.9. The highest BCUT2D eigenvalue weighted by atomic mass is 16.5. The predicted molar refractivity (Wildman–Crippen MR) is 105 cm³/mol. The summed E-state index contributed by atoms with van der Waals surface area (Å²) in [6.07, 6.45) is 1.01. The number of benzene rings is 2. The van der Waals surface area contributed by atoms with Gasteiger partial charge in [-0.15, -0.1) is 0 Å². The van der Waals surface area contributed by atoms with Gasteiger partial charge in [-0.3, -0.25) is 4.90 Å². The van der Waals surface area contributed by atoms with Gasteiger partial charge >= 0.3 is 0 Å². The first-order valence-corrected chi connectivity index (χ1v) is 9.06. The van der Waals surface area contributed by atoms with Crippen molar-refractivity contribution in [1.82, 2.24) is 4.90 Å². The van der Waals surface area contributed by atoms with Crippen molar-refractivity contribution in [2.24, 2.45) is 0 Å². The largest absolute Gasteiger partial charge is 0.495 e. The molecule has 2 aromatic rings. The summed E-state index contributed by atoms with van der Waals surface area (Å²) in [5.74, 6) is 2.53. The summed E-state index contributed by atoms with van der Waals surface area (Å²) in [7, 11) is 5.08. The van der Waals surface area contributed by atoms with Gasteiger partial charge in [0, 0.05) is 32.7 Å². The van der Waals surface area contributed by atoms with Crippen molar-refractivity contribution in [2.45, 2.75) is 6.42 Å². The van der Waals surface area contributed by atoms with Gasteiger partial charge in [0.25, 0.3) is 0 Å². The molecule has 1 fully saturated rings. The van der Waals surface area contributed by atoms with Crippen LogP contribution >= 0.6 is 0 Å². The molecule has 0 bridgehead atoms.